The minimum absolute atomic E-state index is 0.297. The van der Waals surface area contributed by atoms with Crippen molar-refractivity contribution in [3.05, 3.63) is 24.2 Å². The normalized spacial score (nSPS) is 19.2. The predicted molar refractivity (Wildman–Crippen MR) is 111 cm³/mol. The Kier molecular flexibility index (Phi) is 8.21. The van der Waals surface area contributed by atoms with E-state index in [4.69, 9.17) is 4.42 Å². The van der Waals surface area contributed by atoms with Crippen molar-refractivity contribution in [1.29, 1.82) is 0 Å². The number of carbonyl (C=O) groups is 1. The number of aliphatic imine (C=N–C) groups is 1. The molecule has 3 rings (SSSR count). The molecule has 0 spiro atoms. The first-order valence-corrected chi connectivity index (χ1v) is 10.8. The van der Waals surface area contributed by atoms with Crippen LogP contribution in [0.5, 0.6) is 0 Å². The Morgan fingerprint density at radius 2 is 2.00 bits per heavy atom. The van der Waals surface area contributed by atoms with E-state index < -0.39 is 0 Å². The fraction of sp³-hybridized carbons (Fsp3) is 0.714. The highest BCUT2D eigenvalue weighted by Crippen LogP contribution is 2.26. The van der Waals surface area contributed by atoms with Crippen molar-refractivity contribution in [2.45, 2.75) is 39.0 Å². The van der Waals surface area contributed by atoms with E-state index in [1.807, 2.05) is 12.1 Å². The average molecular weight is 390 g/mol. The molecule has 1 saturated heterocycles. The van der Waals surface area contributed by atoms with E-state index in [0.29, 0.717) is 11.8 Å². The first-order valence-electron chi connectivity index (χ1n) is 10.8. The summed E-state index contributed by atoms with van der Waals surface area (Å²) in [6, 6.07) is 3.90. The third kappa shape index (κ3) is 6.26. The molecule has 2 N–H and O–H groups in total. The first-order chi connectivity index (χ1) is 13.8. The van der Waals surface area contributed by atoms with Crippen LogP contribution in [0, 0.1) is 5.92 Å². The van der Waals surface area contributed by atoms with Gasteiger partial charge in [-0.15, -0.1) is 0 Å². The van der Waals surface area contributed by atoms with E-state index in [1.54, 1.807) is 6.26 Å². The number of hydrogen-bond acceptors (Lipinski definition) is 4. The molecule has 0 unspecified atom stereocenters. The van der Waals surface area contributed by atoms with Crippen molar-refractivity contribution >= 4 is 11.9 Å². The molecule has 2 aliphatic rings. The summed E-state index contributed by atoms with van der Waals surface area (Å²) in [5.74, 6) is 2.52. The summed E-state index contributed by atoms with van der Waals surface area (Å²) < 4.78 is 5.36. The molecule has 7 heteroatoms. The van der Waals surface area contributed by atoms with Gasteiger partial charge in [-0.05, 0) is 31.9 Å². The van der Waals surface area contributed by atoms with Crippen molar-refractivity contribution in [3.8, 4) is 0 Å². The van der Waals surface area contributed by atoms with Gasteiger partial charge in [-0.25, -0.2) is 0 Å². The van der Waals surface area contributed by atoms with Gasteiger partial charge in [-0.3, -0.25) is 14.7 Å². The van der Waals surface area contributed by atoms with Crippen LogP contribution in [0.4, 0.5) is 0 Å². The van der Waals surface area contributed by atoms with Crippen molar-refractivity contribution in [2.75, 3.05) is 52.4 Å². The highest BCUT2D eigenvalue weighted by molar-refractivity contribution is 5.80. The van der Waals surface area contributed by atoms with E-state index in [9.17, 15) is 4.79 Å². The second-order valence-electron chi connectivity index (χ2n) is 7.67. The van der Waals surface area contributed by atoms with Gasteiger partial charge in [0, 0.05) is 58.2 Å². The summed E-state index contributed by atoms with van der Waals surface area (Å²) in [4.78, 5) is 21.7. The average Bonchev–Trinajstić information content (AvgIpc) is 3.42. The fourth-order valence-electron chi connectivity index (χ4n) is 4.03. The minimum Gasteiger partial charge on any atom is -0.469 e. The lowest BCUT2D eigenvalue weighted by atomic mass is 10.1. The number of nitrogens with one attached hydrogen (secondary N) is 2. The molecular weight excluding hydrogens is 354 g/mol. The number of guanidine groups is 1. The topological polar surface area (TPSA) is 73.1 Å². The number of furan rings is 1. The van der Waals surface area contributed by atoms with Crippen LogP contribution in [-0.4, -0.2) is 74.0 Å². The van der Waals surface area contributed by atoms with Gasteiger partial charge in [0.1, 0.15) is 5.76 Å². The van der Waals surface area contributed by atoms with Gasteiger partial charge in [0.25, 0.3) is 0 Å². The third-order valence-electron chi connectivity index (χ3n) is 5.66. The Bertz CT molecular complexity index is 602. The molecular formula is C21H35N5O2. The van der Waals surface area contributed by atoms with E-state index in [1.165, 1.54) is 12.8 Å². The zero-order valence-electron chi connectivity index (χ0n) is 17.2. The Hall–Kier alpha value is -2.02. The zero-order valence-corrected chi connectivity index (χ0v) is 17.2. The van der Waals surface area contributed by atoms with Crippen LogP contribution in [-0.2, 0) is 11.2 Å². The maximum absolute atomic E-state index is 12.5. The molecule has 1 aliphatic heterocycles. The molecule has 0 bridgehead atoms. The molecule has 0 radical (unpaired) electrons. The Labute approximate surface area is 168 Å². The molecule has 1 aromatic heterocycles. The molecule has 1 aliphatic carbocycles. The third-order valence-corrected chi connectivity index (χ3v) is 5.66. The molecule has 7 nitrogen and oxygen atoms in total. The van der Waals surface area contributed by atoms with E-state index in [0.717, 1.165) is 83.3 Å². The summed E-state index contributed by atoms with van der Waals surface area (Å²) in [6.07, 6.45) is 7.17. The van der Waals surface area contributed by atoms with E-state index in [-0.39, 0.29) is 0 Å². The molecule has 1 amide bonds. The molecule has 28 heavy (non-hydrogen) atoms. The number of piperazine rings is 1. The smallest absolute Gasteiger partial charge is 0.225 e. The van der Waals surface area contributed by atoms with Crippen LogP contribution >= 0.6 is 0 Å². The van der Waals surface area contributed by atoms with Crippen LogP contribution in [0.2, 0.25) is 0 Å². The van der Waals surface area contributed by atoms with E-state index >= 15 is 0 Å². The van der Waals surface area contributed by atoms with Crippen molar-refractivity contribution in [2.24, 2.45) is 10.9 Å². The summed E-state index contributed by atoms with van der Waals surface area (Å²) in [5, 5.41) is 6.65. The van der Waals surface area contributed by atoms with Gasteiger partial charge in [-0.2, -0.15) is 0 Å². The standard InChI is InChI=1S/C21H35N5O2/c1-2-22-21(23-10-9-19-8-5-17-28-19)24-11-12-25-13-15-26(16-14-25)20(27)18-6-3-4-7-18/h5,8,17-18H,2-4,6-7,9-16H2,1H3,(H2,22,23,24). The van der Waals surface area contributed by atoms with Gasteiger partial charge in [0.2, 0.25) is 5.91 Å². The lowest BCUT2D eigenvalue weighted by molar-refractivity contribution is -0.137. The maximum atomic E-state index is 12.5. The van der Waals surface area contributed by atoms with Crippen molar-refractivity contribution in [1.82, 2.24) is 20.4 Å². The Morgan fingerprint density at radius 1 is 1.21 bits per heavy atom. The van der Waals surface area contributed by atoms with Crippen LogP contribution in [0.15, 0.2) is 27.8 Å². The number of hydrogen-bond donors (Lipinski definition) is 2. The number of nitrogens with zero attached hydrogens (tertiary/aromatic N) is 3. The summed E-state index contributed by atoms with van der Waals surface area (Å²) in [6.45, 7) is 9.03. The zero-order chi connectivity index (χ0) is 19.6. The van der Waals surface area contributed by atoms with Gasteiger partial charge in [0.05, 0.1) is 12.8 Å². The number of carbonyl (C=O) groups excluding carboxylic acids is 1. The van der Waals surface area contributed by atoms with Crippen molar-refractivity contribution < 1.29 is 9.21 Å². The Balaban J connectivity index is 1.34. The summed E-state index contributed by atoms with van der Waals surface area (Å²) >= 11 is 0. The second-order valence-corrected chi connectivity index (χ2v) is 7.67. The SMILES string of the molecule is CCNC(=NCCN1CCN(C(=O)C2CCCC2)CC1)NCCc1ccco1. The first kappa shape index (κ1) is 20.7. The lowest BCUT2D eigenvalue weighted by Crippen LogP contribution is -2.50. The van der Waals surface area contributed by atoms with Crippen molar-refractivity contribution in [3.63, 3.8) is 0 Å². The summed E-state index contributed by atoms with van der Waals surface area (Å²) in [7, 11) is 0. The van der Waals surface area contributed by atoms with E-state index in [2.05, 4.69) is 32.3 Å². The molecule has 2 heterocycles. The monoisotopic (exact) mass is 389 g/mol. The molecule has 1 aromatic rings. The lowest BCUT2D eigenvalue weighted by Gasteiger charge is -2.35. The number of amides is 1. The molecule has 1 saturated carbocycles. The van der Waals surface area contributed by atoms with Gasteiger partial charge in [0.15, 0.2) is 5.96 Å². The van der Waals surface area contributed by atoms with Crippen LogP contribution < -0.4 is 10.6 Å². The highest BCUT2D eigenvalue weighted by Gasteiger charge is 2.29. The molecule has 0 atom stereocenters. The van der Waals surface area contributed by atoms with Gasteiger partial charge >= 0.3 is 0 Å². The fourth-order valence-corrected chi connectivity index (χ4v) is 4.03. The highest BCUT2D eigenvalue weighted by atomic mass is 16.3. The minimum atomic E-state index is 0.297. The van der Waals surface area contributed by atoms with Crippen LogP contribution in [0.3, 0.4) is 0 Å². The molecule has 2 fully saturated rings. The van der Waals surface area contributed by atoms with Gasteiger partial charge < -0.3 is 20.0 Å². The molecule has 156 valence electrons. The van der Waals surface area contributed by atoms with Crippen LogP contribution in [0.1, 0.15) is 38.4 Å². The predicted octanol–water partition coefficient (Wildman–Crippen LogP) is 1.71. The van der Waals surface area contributed by atoms with Gasteiger partial charge in [-0.1, -0.05) is 12.8 Å². The second kappa shape index (κ2) is 11.1. The van der Waals surface area contributed by atoms with Crippen LogP contribution in [0.25, 0.3) is 0 Å². The maximum Gasteiger partial charge on any atom is 0.225 e. The quantitative estimate of drug-likeness (QED) is 0.523. The molecule has 0 aromatic carbocycles. The summed E-state index contributed by atoms with van der Waals surface area (Å²) in [5.41, 5.74) is 0. The Morgan fingerprint density at radius 3 is 2.68 bits per heavy atom. The number of rotatable bonds is 8. The largest absolute Gasteiger partial charge is 0.469 e.